The van der Waals surface area contributed by atoms with Gasteiger partial charge in [0.2, 0.25) is 6.04 Å². The lowest BCUT2D eigenvalue weighted by atomic mass is 9.95. The SMILES string of the molecule is O=[N+]([O-])[C@H]1CC[C@@H](O)O[C@@H]1c1cc(F)ccc1F. The molecule has 0 aliphatic carbocycles. The summed E-state index contributed by atoms with van der Waals surface area (Å²) in [6.07, 6.45) is -2.33. The van der Waals surface area contributed by atoms with Crippen LogP contribution in [-0.2, 0) is 4.74 Å². The number of aliphatic hydroxyl groups excluding tert-OH is 1. The number of hydrogen-bond donors (Lipinski definition) is 1. The predicted octanol–water partition coefficient (Wildman–Crippen LogP) is 1.78. The van der Waals surface area contributed by atoms with Crippen LogP contribution >= 0.6 is 0 Å². The van der Waals surface area contributed by atoms with E-state index in [0.29, 0.717) is 0 Å². The second-order valence-electron chi connectivity index (χ2n) is 4.11. The smallest absolute Gasteiger partial charge is 0.243 e. The van der Waals surface area contributed by atoms with Gasteiger partial charge in [-0.3, -0.25) is 10.1 Å². The van der Waals surface area contributed by atoms with Crippen LogP contribution in [0.5, 0.6) is 0 Å². The van der Waals surface area contributed by atoms with E-state index in [1.165, 1.54) is 0 Å². The van der Waals surface area contributed by atoms with Crippen LogP contribution in [0.1, 0.15) is 24.5 Å². The molecule has 0 amide bonds. The normalized spacial score (nSPS) is 28.1. The molecule has 1 aliphatic heterocycles. The molecule has 98 valence electrons. The molecule has 18 heavy (non-hydrogen) atoms. The molecular weight excluding hydrogens is 248 g/mol. The standard InChI is InChI=1S/C11H11F2NO4/c12-6-1-2-8(13)7(5-6)11-9(14(16)17)3-4-10(15)18-11/h1-2,5,9-11,15H,3-4H2/t9-,10-,11+/m0/s1. The summed E-state index contributed by atoms with van der Waals surface area (Å²) in [4.78, 5) is 10.3. The van der Waals surface area contributed by atoms with Crippen LogP contribution in [0.4, 0.5) is 8.78 Å². The van der Waals surface area contributed by atoms with Gasteiger partial charge in [-0.25, -0.2) is 8.78 Å². The van der Waals surface area contributed by atoms with E-state index in [2.05, 4.69) is 0 Å². The summed E-state index contributed by atoms with van der Waals surface area (Å²) in [5.74, 6) is -1.50. The third-order valence-electron chi connectivity index (χ3n) is 2.90. The van der Waals surface area contributed by atoms with Crippen molar-refractivity contribution >= 4 is 0 Å². The fourth-order valence-electron chi connectivity index (χ4n) is 2.02. The van der Waals surface area contributed by atoms with E-state index in [4.69, 9.17) is 4.74 Å². The quantitative estimate of drug-likeness (QED) is 0.649. The van der Waals surface area contributed by atoms with Crippen molar-refractivity contribution in [3.05, 3.63) is 45.5 Å². The Morgan fingerprint density at radius 1 is 1.39 bits per heavy atom. The first kappa shape index (κ1) is 12.8. The Labute approximate surface area is 101 Å². The topological polar surface area (TPSA) is 72.6 Å². The maximum atomic E-state index is 13.6. The van der Waals surface area contributed by atoms with E-state index in [1.807, 2.05) is 0 Å². The van der Waals surface area contributed by atoms with Crippen molar-refractivity contribution in [2.24, 2.45) is 0 Å². The lowest BCUT2D eigenvalue weighted by molar-refractivity contribution is -0.547. The van der Waals surface area contributed by atoms with Crippen molar-refractivity contribution in [2.45, 2.75) is 31.3 Å². The first-order valence-electron chi connectivity index (χ1n) is 5.41. The molecule has 0 spiro atoms. The molecule has 3 atom stereocenters. The summed E-state index contributed by atoms with van der Waals surface area (Å²) in [5.41, 5.74) is -0.240. The molecule has 7 heteroatoms. The van der Waals surface area contributed by atoms with E-state index in [1.54, 1.807) is 0 Å². The maximum absolute atomic E-state index is 13.6. The zero-order chi connectivity index (χ0) is 13.3. The number of rotatable bonds is 2. The van der Waals surface area contributed by atoms with Crippen LogP contribution in [0.2, 0.25) is 0 Å². The number of ether oxygens (including phenoxy) is 1. The minimum Gasteiger partial charge on any atom is -0.368 e. The number of nitro groups is 1. The van der Waals surface area contributed by atoms with E-state index >= 15 is 0 Å². The molecule has 0 aromatic heterocycles. The predicted molar refractivity (Wildman–Crippen MR) is 56.2 cm³/mol. The third-order valence-corrected chi connectivity index (χ3v) is 2.90. The van der Waals surface area contributed by atoms with Crippen molar-refractivity contribution in [3.8, 4) is 0 Å². The van der Waals surface area contributed by atoms with E-state index in [-0.39, 0.29) is 18.4 Å². The minimum atomic E-state index is -1.28. The Kier molecular flexibility index (Phi) is 3.53. The summed E-state index contributed by atoms with van der Waals surface area (Å²) in [5, 5.41) is 20.2. The molecule has 1 aromatic carbocycles. The maximum Gasteiger partial charge on any atom is 0.243 e. The largest absolute Gasteiger partial charge is 0.368 e. The Morgan fingerprint density at radius 2 is 2.11 bits per heavy atom. The van der Waals surface area contributed by atoms with Crippen molar-refractivity contribution in [3.63, 3.8) is 0 Å². The summed E-state index contributed by atoms with van der Waals surface area (Å²) >= 11 is 0. The second kappa shape index (κ2) is 4.95. The molecule has 0 unspecified atom stereocenters. The van der Waals surface area contributed by atoms with Gasteiger partial charge in [-0.05, 0) is 18.2 Å². The average Bonchev–Trinajstić information content (AvgIpc) is 2.31. The van der Waals surface area contributed by atoms with Crippen LogP contribution in [0.15, 0.2) is 18.2 Å². The number of benzene rings is 1. The highest BCUT2D eigenvalue weighted by molar-refractivity contribution is 5.22. The molecule has 0 bridgehead atoms. The number of nitrogens with zero attached hydrogens (tertiary/aromatic N) is 1. The highest BCUT2D eigenvalue weighted by Gasteiger charge is 2.41. The Morgan fingerprint density at radius 3 is 2.78 bits per heavy atom. The molecule has 1 aliphatic rings. The molecule has 0 saturated carbocycles. The third kappa shape index (κ3) is 2.46. The lowest BCUT2D eigenvalue weighted by Gasteiger charge is -2.29. The molecule has 2 rings (SSSR count). The number of hydrogen-bond acceptors (Lipinski definition) is 4. The van der Waals surface area contributed by atoms with E-state index in [9.17, 15) is 24.0 Å². The van der Waals surface area contributed by atoms with Gasteiger partial charge in [-0.2, -0.15) is 0 Å². The van der Waals surface area contributed by atoms with Gasteiger partial charge in [0.25, 0.3) is 0 Å². The monoisotopic (exact) mass is 259 g/mol. The van der Waals surface area contributed by atoms with Crippen LogP contribution < -0.4 is 0 Å². The fraction of sp³-hybridized carbons (Fsp3) is 0.455. The van der Waals surface area contributed by atoms with Crippen molar-refractivity contribution < 1.29 is 23.5 Å². The summed E-state index contributed by atoms with van der Waals surface area (Å²) < 4.78 is 31.6. The summed E-state index contributed by atoms with van der Waals surface area (Å²) in [6.45, 7) is 0. The molecule has 1 heterocycles. The lowest BCUT2D eigenvalue weighted by Crippen LogP contribution is -2.38. The fourth-order valence-corrected chi connectivity index (χ4v) is 2.02. The number of aliphatic hydroxyl groups is 1. The van der Waals surface area contributed by atoms with Crippen molar-refractivity contribution in [1.29, 1.82) is 0 Å². The van der Waals surface area contributed by atoms with Gasteiger partial charge < -0.3 is 9.84 Å². The van der Waals surface area contributed by atoms with Gasteiger partial charge in [0.15, 0.2) is 12.4 Å². The molecule has 1 N–H and O–H groups in total. The molecule has 0 radical (unpaired) electrons. The first-order valence-corrected chi connectivity index (χ1v) is 5.41. The molecular formula is C11H11F2NO4. The number of halogens is 2. The molecule has 5 nitrogen and oxygen atoms in total. The van der Waals surface area contributed by atoms with E-state index < -0.39 is 35.0 Å². The van der Waals surface area contributed by atoms with Crippen molar-refractivity contribution in [2.75, 3.05) is 0 Å². The Hall–Kier alpha value is -1.60. The minimum absolute atomic E-state index is 0.0504. The first-order chi connectivity index (χ1) is 8.49. The van der Waals surface area contributed by atoms with E-state index in [0.717, 1.165) is 18.2 Å². The van der Waals surface area contributed by atoms with Crippen LogP contribution in [-0.4, -0.2) is 22.4 Å². The van der Waals surface area contributed by atoms with Gasteiger partial charge in [-0.15, -0.1) is 0 Å². The molecule has 1 aromatic rings. The zero-order valence-electron chi connectivity index (χ0n) is 9.25. The zero-order valence-corrected chi connectivity index (χ0v) is 9.25. The van der Waals surface area contributed by atoms with Gasteiger partial charge in [0.05, 0.1) is 0 Å². The Balaban J connectivity index is 2.37. The average molecular weight is 259 g/mol. The summed E-state index contributed by atoms with van der Waals surface area (Å²) in [7, 11) is 0. The van der Waals surface area contributed by atoms with Gasteiger partial charge in [0, 0.05) is 23.3 Å². The highest BCUT2D eigenvalue weighted by atomic mass is 19.1. The van der Waals surface area contributed by atoms with Crippen molar-refractivity contribution in [1.82, 2.24) is 0 Å². The Bertz CT molecular complexity index is 468. The van der Waals surface area contributed by atoms with Crippen LogP contribution in [0.25, 0.3) is 0 Å². The molecule has 1 fully saturated rings. The second-order valence-corrected chi connectivity index (χ2v) is 4.11. The highest BCUT2D eigenvalue weighted by Crippen LogP contribution is 2.34. The van der Waals surface area contributed by atoms with Gasteiger partial charge >= 0.3 is 0 Å². The van der Waals surface area contributed by atoms with Gasteiger partial charge in [0.1, 0.15) is 11.6 Å². The molecule has 1 saturated heterocycles. The van der Waals surface area contributed by atoms with Gasteiger partial charge in [-0.1, -0.05) is 0 Å². The summed E-state index contributed by atoms with van der Waals surface area (Å²) in [6, 6.07) is 1.46. The van der Waals surface area contributed by atoms with Crippen LogP contribution in [0.3, 0.4) is 0 Å². The van der Waals surface area contributed by atoms with Crippen LogP contribution in [0, 0.1) is 21.7 Å².